The molecule has 0 amide bonds. The summed E-state index contributed by atoms with van der Waals surface area (Å²) in [4.78, 5) is 0. The third-order valence-electron chi connectivity index (χ3n) is 1.70. The minimum atomic E-state index is -0.863. The molecule has 1 unspecified atom stereocenters. The van der Waals surface area contributed by atoms with Gasteiger partial charge in [-0.3, -0.25) is 4.68 Å². The van der Waals surface area contributed by atoms with E-state index in [9.17, 15) is 5.11 Å². The van der Waals surface area contributed by atoms with Crippen LogP contribution in [0.4, 0.5) is 0 Å². The summed E-state index contributed by atoms with van der Waals surface area (Å²) in [6, 6.07) is 0. The summed E-state index contributed by atoms with van der Waals surface area (Å²) in [6.07, 6.45) is 3.64. The number of hydrogen-bond acceptors (Lipinski definition) is 3. The number of hydrogen-bond donors (Lipinski definition) is 2. The van der Waals surface area contributed by atoms with E-state index in [1.54, 1.807) is 17.8 Å². The van der Waals surface area contributed by atoms with Crippen LogP contribution in [0.2, 0.25) is 0 Å². The summed E-state index contributed by atoms with van der Waals surface area (Å²) in [7, 11) is 0. The van der Waals surface area contributed by atoms with Gasteiger partial charge in [0.05, 0.1) is 18.3 Å². The second kappa shape index (κ2) is 3.25. The van der Waals surface area contributed by atoms with Gasteiger partial charge in [0.1, 0.15) is 0 Å². The van der Waals surface area contributed by atoms with E-state index in [1.165, 1.54) is 0 Å². The van der Waals surface area contributed by atoms with E-state index in [1.807, 2.05) is 13.1 Å². The first-order valence-electron chi connectivity index (χ1n) is 3.95. The third-order valence-corrected chi connectivity index (χ3v) is 1.70. The van der Waals surface area contributed by atoms with E-state index < -0.39 is 5.60 Å². The Bertz CT molecular complexity index is 255. The van der Waals surface area contributed by atoms with Gasteiger partial charge in [-0.25, -0.2) is 0 Å². The van der Waals surface area contributed by atoms with Gasteiger partial charge in [-0.1, -0.05) is 0 Å². The second-order valence-corrected chi connectivity index (χ2v) is 3.42. The molecule has 0 spiro atoms. The number of aliphatic hydroxyl groups is 1. The maximum absolute atomic E-state index is 9.60. The molecular formula is C8H15N3O. The molecule has 0 saturated heterocycles. The van der Waals surface area contributed by atoms with Crippen molar-refractivity contribution in [3.8, 4) is 0 Å². The fraction of sp³-hybridized carbons (Fsp3) is 0.625. The lowest BCUT2D eigenvalue weighted by molar-refractivity contribution is 0.0471. The Kier molecular flexibility index (Phi) is 2.49. The zero-order valence-electron chi connectivity index (χ0n) is 7.49. The highest BCUT2D eigenvalue weighted by molar-refractivity contribution is 4.99. The van der Waals surface area contributed by atoms with Crippen LogP contribution < -0.4 is 5.73 Å². The SMILES string of the molecule is Cc1cnn(CC(C)(O)CN)c1. The monoisotopic (exact) mass is 169 g/mol. The molecule has 0 saturated carbocycles. The molecule has 4 heteroatoms. The van der Waals surface area contributed by atoms with E-state index in [-0.39, 0.29) is 6.54 Å². The molecule has 1 rings (SSSR count). The smallest absolute Gasteiger partial charge is 0.0936 e. The first-order valence-corrected chi connectivity index (χ1v) is 3.95. The van der Waals surface area contributed by atoms with Crippen molar-refractivity contribution < 1.29 is 5.11 Å². The predicted octanol–water partition coefficient (Wildman–Crippen LogP) is -0.0988. The van der Waals surface area contributed by atoms with Gasteiger partial charge in [-0.05, 0) is 19.4 Å². The summed E-state index contributed by atoms with van der Waals surface area (Å²) in [5.74, 6) is 0. The molecule has 12 heavy (non-hydrogen) atoms. The summed E-state index contributed by atoms with van der Waals surface area (Å²) < 4.78 is 1.70. The van der Waals surface area contributed by atoms with Gasteiger partial charge in [-0.2, -0.15) is 5.10 Å². The molecule has 0 aromatic carbocycles. The minimum Gasteiger partial charge on any atom is -0.387 e. The molecular weight excluding hydrogens is 154 g/mol. The van der Waals surface area contributed by atoms with Crippen LogP contribution in [0.5, 0.6) is 0 Å². The van der Waals surface area contributed by atoms with Crippen LogP contribution in [0, 0.1) is 6.92 Å². The van der Waals surface area contributed by atoms with Crippen molar-refractivity contribution in [2.75, 3.05) is 6.54 Å². The first kappa shape index (κ1) is 9.22. The van der Waals surface area contributed by atoms with Crippen LogP contribution in [-0.2, 0) is 6.54 Å². The van der Waals surface area contributed by atoms with Gasteiger partial charge in [0.15, 0.2) is 0 Å². The molecule has 68 valence electrons. The molecule has 1 aromatic heterocycles. The lowest BCUT2D eigenvalue weighted by Crippen LogP contribution is -2.38. The minimum absolute atomic E-state index is 0.242. The van der Waals surface area contributed by atoms with E-state index >= 15 is 0 Å². The number of aromatic nitrogens is 2. The van der Waals surface area contributed by atoms with Crippen molar-refractivity contribution in [2.24, 2.45) is 5.73 Å². The Hall–Kier alpha value is -0.870. The van der Waals surface area contributed by atoms with Crippen LogP contribution in [0.3, 0.4) is 0 Å². The Morgan fingerprint density at radius 3 is 2.83 bits per heavy atom. The Labute approximate surface area is 72.0 Å². The molecule has 3 N–H and O–H groups in total. The number of aryl methyl sites for hydroxylation is 1. The van der Waals surface area contributed by atoms with E-state index in [4.69, 9.17) is 5.73 Å². The van der Waals surface area contributed by atoms with Gasteiger partial charge in [0, 0.05) is 12.7 Å². The highest BCUT2D eigenvalue weighted by Crippen LogP contribution is 2.05. The molecule has 0 bridgehead atoms. The zero-order valence-corrected chi connectivity index (χ0v) is 7.49. The molecule has 1 aromatic rings. The lowest BCUT2D eigenvalue weighted by Gasteiger charge is -2.20. The average Bonchev–Trinajstić information content (AvgIpc) is 2.35. The van der Waals surface area contributed by atoms with Gasteiger partial charge in [0.2, 0.25) is 0 Å². The number of rotatable bonds is 3. The maximum atomic E-state index is 9.60. The molecule has 1 atom stereocenters. The van der Waals surface area contributed by atoms with Crippen LogP contribution in [0.1, 0.15) is 12.5 Å². The van der Waals surface area contributed by atoms with Crippen molar-refractivity contribution in [1.29, 1.82) is 0 Å². The van der Waals surface area contributed by atoms with E-state index in [2.05, 4.69) is 5.10 Å². The van der Waals surface area contributed by atoms with Gasteiger partial charge >= 0.3 is 0 Å². The standard InChI is InChI=1S/C8H15N3O/c1-7-3-10-11(4-7)6-8(2,12)5-9/h3-4,12H,5-6,9H2,1-2H3. The molecule has 0 aliphatic heterocycles. The molecule has 0 aliphatic carbocycles. The Morgan fingerprint density at radius 2 is 2.42 bits per heavy atom. The van der Waals surface area contributed by atoms with Crippen molar-refractivity contribution in [1.82, 2.24) is 9.78 Å². The summed E-state index contributed by atoms with van der Waals surface area (Å²) in [5, 5.41) is 13.7. The van der Waals surface area contributed by atoms with Crippen molar-refractivity contribution in [2.45, 2.75) is 26.0 Å². The molecule has 0 radical (unpaired) electrons. The first-order chi connectivity index (χ1) is 5.53. The van der Waals surface area contributed by atoms with Crippen LogP contribution >= 0.6 is 0 Å². The Morgan fingerprint density at radius 1 is 1.75 bits per heavy atom. The van der Waals surface area contributed by atoms with Gasteiger partial charge in [0.25, 0.3) is 0 Å². The zero-order chi connectivity index (χ0) is 9.19. The normalized spacial score (nSPS) is 16.0. The van der Waals surface area contributed by atoms with Crippen molar-refractivity contribution in [3.63, 3.8) is 0 Å². The molecule has 0 fully saturated rings. The highest BCUT2D eigenvalue weighted by Gasteiger charge is 2.18. The van der Waals surface area contributed by atoms with Crippen molar-refractivity contribution in [3.05, 3.63) is 18.0 Å². The Balaban J connectivity index is 2.63. The van der Waals surface area contributed by atoms with Gasteiger partial charge < -0.3 is 10.8 Å². The fourth-order valence-electron chi connectivity index (χ4n) is 0.967. The highest BCUT2D eigenvalue weighted by atomic mass is 16.3. The van der Waals surface area contributed by atoms with Crippen LogP contribution in [0.15, 0.2) is 12.4 Å². The number of nitrogens with zero attached hydrogens (tertiary/aromatic N) is 2. The summed E-state index contributed by atoms with van der Waals surface area (Å²) >= 11 is 0. The quantitative estimate of drug-likeness (QED) is 0.664. The topological polar surface area (TPSA) is 64.1 Å². The van der Waals surface area contributed by atoms with E-state index in [0.29, 0.717) is 6.54 Å². The maximum Gasteiger partial charge on any atom is 0.0936 e. The van der Waals surface area contributed by atoms with Crippen LogP contribution in [-0.4, -0.2) is 27.0 Å². The largest absolute Gasteiger partial charge is 0.387 e. The van der Waals surface area contributed by atoms with Crippen molar-refractivity contribution >= 4 is 0 Å². The predicted molar refractivity (Wildman–Crippen MR) is 46.6 cm³/mol. The third kappa shape index (κ3) is 2.32. The second-order valence-electron chi connectivity index (χ2n) is 3.42. The van der Waals surface area contributed by atoms with E-state index in [0.717, 1.165) is 5.56 Å². The van der Waals surface area contributed by atoms with Crippen LogP contribution in [0.25, 0.3) is 0 Å². The lowest BCUT2D eigenvalue weighted by atomic mass is 10.1. The fourth-order valence-corrected chi connectivity index (χ4v) is 0.967. The van der Waals surface area contributed by atoms with Gasteiger partial charge in [-0.15, -0.1) is 0 Å². The molecule has 1 heterocycles. The average molecular weight is 169 g/mol. The molecule has 0 aliphatic rings. The molecule has 4 nitrogen and oxygen atoms in total. The summed E-state index contributed by atoms with van der Waals surface area (Å²) in [6.45, 7) is 4.34. The number of nitrogens with two attached hydrogens (primary N) is 1. The summed E-state index contributed by atoms with van der Waals surface area (Å²) in [5.41, 5.74) is 5.59.